The number of aromatic nitrogens is 2. The van der Waals surface area contributed by atoms with Gasteiger partial charge >= 0.3 is 5.97 Å². The molecule has 1 aliphatic rings. The fourth-order valence-electron chi connectivity index (χ4n) is 2.33. The molecule has 0 saturated heterocycles. The Morgan fingerprint density at radius 1 is 1.38 bits per heavy atom. The van der Waals surface area contributed by atoms with Crippen LogP contribution in [0.1, 0.15) is 37.4 Å². The maximum atomic E-state index is 10.7. The van der Waals surface area contributed by atoms with Crippen LogP contribution in [0.2, 0.25) is 0 Å². The lowest BCUT2D eigenvalue weighted by molar-refractivity contribution is -0.136. The van der Waals surface area contributed by atoms with E-state index < -0.39 is 5.97 Å². The molecule has 0 atom stereocenters. The Balaban J connectivity index is 1.96. The summed E-state index contributed by atoms with van der Waals surface area (Å²) in [6.45, 7) is 0. The quantitative estimate of drug-likeness (QED) is 0.501. The van der Waals surface area contributed by atoms with Gasteiger partial charge in [0.1, 0.15) is 10.9 Å². The third-order valence-electron chi connectivity index (χ3n) is 3.73. The molecule has 1 aliphatic carbocycles. The van der Waals surface area contributed by atoms with E-state index in [-0.39, 0.29) is 6.42 Å². The summed E-state index contributed by atoms with van der Waals surface area (Å²) in [6.07, 6.45) is 3.63. The van der Waals surface area contributed by atoms with E-state index in [1.807, 2.05) is 18.2 Å². The predicted molar refractivity (Wildman–Crippen MR) is 83.5 cm³/mol. The van der Waals surface area contributed by atoms with Gasteiger partial charge in [-0.15, -0.1) is 11.8 Å². The van der Waals surface area contributed by atoms with Crippen LogP contribution in [0.15, 0.2) is 23.2 Å². The van der Waals surface area contributed by atoms with E-state index in [9.17, 15) is 4.79 Å². The predicted octanol–water partition coefficient (Wildman–Crippen LogP) is 3.05. The number of anilines is 1. The van der Waals surface area contributed by atoms with E-state index in [2.05, 4.69) is 9.97 Å². The number of benzene rings is 1. The van der Waals surface area contributed by atoms with Crippen molar-refractivity contribution in [3.8, 4) is 0 Å². The van der Waals surface area contributed by atoms with Crippen molar-refractivity contribution in [1.82, 2.24) is 9.97 Å². The van der Waals surface area contributed by atoms with Gasteiger partial charge in [0.25, 0.3) is 0 Å². The standard InChI is InChI=1S/C15H17N3O2S/c16-10-4-5-12-11(8-10)15(21-7-6-13(19)20)18-14(17-12)9-2-1-3-9/h4-5,8-9H,1-3,6-7,16H2,(H,19,20). The molecule has 0 amide bonds. The van der Waals surface area contributed by atoms with Crippen molar-refractivity contribution in [1.29, 1.82) is 0 Å². The number of hydrogen-bond acceptors (Lipinski definition) is 5. The molecule has 1 heterocycles. The van der Waals surface area contributed by atoms with E-state index in [0.717, 1.165) is 34.6 Å². The van der Waals surface area contributed by atoms with Gasteiger partial charge in [-0.3, -0.25) is 4.79 Å². The average Bonchev–Trinajstić information content (AvgIpc) is 2.37. The van der Waals surface area contributed by atoms with Gasteiger partial charge in [0.15, 0.2) is 0 Å². The maximum Gasteiger partial charge on any atom is 0.304 e. The fourth-order valence-corrected chi connectivity index (χ4v) is 3.28. The second-order valence-corrected chi connectivity index (χ2v) is 6.37. The Labute approximate surface area is 127 Å². The number of fused-ring (bicyclic) bond motifs is 1. The van der Waals surface area contributed by atoms with Crippen molar-refractivity contribution < 1.29 is 9.90 Å². The first-order chi connectivity index (χ1) is 10.1. The van der Waals surface area contributed by atoms with E-state index >= 15 is 0 Å². The van der Waals surface area contributed by atoms with Crippen LogP contribution in [0.3, 0.4) is 0 Å². The smallest absolute Gasteiger partial charge is 0.304 e. The van der Waals surface area contributed by atoms with Crippen molar-refractivity contribution in [2.75, 3.05) is 11.5 Å². The van der Waals surface area contributed by atoms with Gasteiger partial charge in [-0.25, -0.2) is 9.97 Å². The number of carbonyl (C=O) groups is 1. The topological polar surface area (TPSA) is 89.1 Å². The number of nitrogens with two attached hydrogens (primary N) is 1. The number of aliphatic carboxylic acids is 1. The molecule has 5 nitrogen and oxygen atoms in total. The molecule has 110 valence electrons. The highest BCUT2D eigenvalue weighted by molar-refractivity contribution is 7.99. The summed E-state index contributed by atoms with van der Waals surface area (Å²) in [5.74, 6) is 1.04. The second kappa shape index (κ2) is 5.89. The van der Waals surface area contributed by atoms with E-state index in [4.69, 9.17) is 10.8 Å². The Kier molecular flexibility index (Phi) is 3.96. The summed E-state index contributed by atoms with van der Waals surface area (Å²) >= 11 is 1.47. The highest BCUT2D eigenvalue weighted by Crippen LogP contribution is 2.37. The van der Waals surface area contributed by atoms with Crippen molar-refractivity contribution in [2.45, 2.75) is 36.6 Å². The normalized spacial score (nSPS) is 15.0. The molecule has 21 heavy (non-hydrogen) atoms. The largest absolute Gasteiger partial charge is 0.481 e. The van der Waals surface area contributed by atoms with Gasteiger partial charge in [-0.05, 0) is 31.0 Å². The van der Waals surface area contributed by atoms with Crippen LogP contribution in [0, 0.1) is 0 Å². The first-order valence-electron chi connectivity index (χ1n) is 7.05. The van der Waals surface area contributed by atoms with E-state index in [1.165, 1.54) is 18.2 Å². The van der Waals surface area contributed by atoms with Crippen LogP contribution in [0.4, 0.5) is 5.69 Å². The highest BCUT2D eigenvalue weighted by atomic mass is 32.2. The zero-order valence-electron chi connectivity index (χ0n) is 11.6. The molecule has 3 N–H and O–H groups in total. The minimum Gasteiger partial charge on any atom is -0.481 e. The van der Waals surface area contributed by atoms with Gasteiger partial charge in [0, 0.05) is 22.7 Å². The molecule has 1 aromatic carbocycles. The molecule has 6 heteroatoms. The molecule has 3 rings (SSSR count). The van der Waals surface area contributed by atoms with Gasteiger partial charge in [-0.2, -0.15) is 0 Å². The van der Waals surface area contributed by atoms with Crippen LogP contribution in [0.5, 0.6) is 0 Å². The third-order valence-corrected chi connectivity index (χ3v) is 4.72. The summed E-state index contributed by atoms with van der Waals surface area (Å²) in [6, 6.07) is 5.62. The van der Waals surface area contributed by atoms with Crippen molar-refractivity contribution in [3.05, 3.63) is 24.0 Å². The van der Waals surface area contributed by atoms with Crippen LogP contribution >= 0.6 is 11.8 Å². The zero-order chi connectivity index (χ0) is 14.8. The van der Waals surface area contributed by atoms with E-state index in [0.29, 0.717) is 17.4 Å². The van der Waals surface area contributed by atoms with Crippen LogP contribution in [-0.2, 0) is 4.79 Å². The highest BCUT2D eigenvalue weighted by Gasteiger charge is 2.23. The Morgan fingerprint density at radius 3 is 2.86 bits per heavy atom. The Bertz CT molecular complexity index is 686. The second-order valence-electron chi connectivity index (χ2n) is 5.28. The molecule has 0 radical (unpaired) electrons. The molecule has 1 aromatic heterocycles. The maximum absolute atomic E-state index is 10.7. The summed E-state index contributed by atoms with van der Waals surface area (Å²) in [7, 11) is 0. The molecular formula is C15H17N3O2S. The Morgan fingerprint density at radius 2 is 2.19 bits per heavy atom. The Hall–Kier alpha value is -1.82. The first kappa shape index (κ1) is 14.1. The molecular weight excluding hydrogens is 286 g/mol. The summed E-state index contributed by atoms with van der Waals surface area (Å²) in [5.41, 5.74) is 7.40. The molecule has 0 spiro atoms. The number of thioether (sulfide) groups is 1. The van der Waals surface area contributed by atoms with Gasteiger partial charge in [0.2, 0.25) is 0 Å². The number of nitrogen functional groups attached to an aromatic ring is 1. The molecule has 0 unspecified atom stereocenters. The lowest BCUT2D eigenvalue weighted by Gasteiger charge is -2.24. The lowest BCUT2D eigenvalue weighted by atomic mass is 9.85. The van der Waals surface area contributed by atoms with Crippen molar-refractivity contribution >= 4 is 34.3 Å². The summed E-state index contributed by atoms with van der Waals surface area (Å²) in [4.78, 5) is 20.0. The number of rotatable bonds is 5. The monoisotopic (exact) mass is 303 g/mol. The van der Waals surface area contributed by atoms with Crippen LogP contribution in [0.25, 0.3) is 10.9 Å². The van der Waals surface area contributed by atoms with E-state index in [1.54, 1.807) is 0 Å². The zero-order valence-corrected chi connectivity index (χ0v) is 12.4. The summed E-state index contributed by atoms with van der Waals surface area (Å²) in [5, 5.41) is 10.5. The molecule has 1 fully saturated rings. The minimum atomic E-state index is -0.792. The molecule has 2 aromatic rings. The van der Waals surface area contributed by atoms with Crippen LogP contribution in [-0.4, -0.2) is 26.8 Å². The first-order valence-corrected chi connectivity index (χ1v) is 8.04. The van der Waals surface area contributed by atoms with Crippen molar-refractivity contribution in [2.24, 2.45) is 0 Å². The van der Waals surface area contributed by atoms with Crippen molar-refractivity contribution in [3.63, 3.8) is 0 Å². The number of carboxylic acids is 1. The van der Waals surface area contributed by atoms with Crippen LogP contribution < -0.4 is 5.73 Å². The average molecular weight is 303 g/mol. The number of carboxylic acid groups (broad SMARTS) is 1. The lowest BCUT2D eigenvalue weighted by Crippen LogP contribution is -2.13. The molecule has 1 saturated carbocycles. The number of hydrogen-bond donors (Lipinski definition) is 2. The SMILES string of the molecule is Nc1ccc2nc(C3CCC3)nc(SCCC(=O)O)c2c1. The number of nitrogens with zero attached hydrogens (tertiary/aromatic N) is 2. The minimum absolute atomic E-state index is 0.122. The van der Waals surface area contributed by atoms with Gasteiger partial charge in [-0.1, -0.05) is 6.42 Å². The molecule has 0 aliphatic heterocycles. The summed E-state index contributed by atoms with van der Waals surface area (Å²) < 4.78 is 0. The third kappa shape index (κ3) is 3.10. The molecule has 0 bridgehead atoms. The fraction of sp³-hybridized carbons (Fsp3) is 0.400. The van der Waals surface area contributed by atoms with Gasteiger partial charge in [0.05, 0.1) is 11.9 Å². The van der Waals surface area contributed by atoms with Gasteiger partial charge < -0.3 is 10.8 Å².